The van der Waals surface area contributed by atoms with E-state index in [1.54, 1.807) is 18.2 Å². The lowest BCUT2D eigenvalue weighted by Gasteiger charge is -1.93. The number of Topliss-reactive ketones (excluding diaryl/α,β-unsaturated/α-hetero) is 1. The largest absolute Gasteiger partial charge is 0.384 e. The van der Waals surface area contributed by atoms with Gasteiger partial charge < -0.3 is 5.11 Å². The van der Waals surface area contributed by atoms with Crippen molar-refractivity contribution < 1.29 is 9.90 Å². The van der Waals surface area contributed by atoms with Crippen molar-refractivity contribution in [2.45, 2.75) is 6.92 Å². The normalized spacial score (nSPS) is 8.77. The van der Waals surface area contributed by atoms with Crippen LogP contribution in [0.25, 0.3) is 0 Å². The minimum absolute atomic E-state index is 0.0901. The molecule has 0 aliphatic rings. The van der Waals surface area contributed by atoms with Gasteiger partial charge in [0.25, 0.3) is 0 Å². The topological polar surface area (TPSA) is 50.2 Å². The first-order valence-electron chi connectivity index (χ1n) is 3.82. The lowest BCUT2D eigenvalue weighted by atomic mass is 10.2. The number of ketones is 1. The maximum Gasteiger partial charge on any atom is 0.178 e. The standard InChI is InChI=1S/C10H9NO2/c1-8(13)10-6-2-4-9(11-10)5-3-7-12/h2,4,6,12H,7H2,1H3. The van der Waals surface area contributed by atoms with E-state index in [4.69, 9.17) is 5.11 Å². The van der Waals surface area contributed by atoms with Crippen LogP contribution in [0.4, 0.5) is 0 Å². The van der Waals surface area contributed by atoms with Crippen molar-refractivity contribution in [3.63, 3.8) is 0 Å². The highest BCUT2D eigenvalue weighted by Crippen LogP contribution is 1.98. The summed E-state index contributed by atoms with van der Waals surface area (Å²) in [6, 6.07) is 5.03. The van der Waals surface area contributed by atoms with Crippen LogP contribution in [0.2, 0.25) is 0 Å². The van der Waals surface area contributed by atoms with E-state index >= 15 is 0 Å². The molecule has 0 bridgehead atoms. The highest BCUT2D eigenvalue weighted by atomic mass is 16.2. The van der Waals surface area contributed by atoms with Gasteiger partial charge in [-0.3, -0.25) is 4.79 Å². The molecule has 0 atom stereocenters. The zero-order chi connectivity index (χ0) is 9.68. The third-order valence-corrected chi connectivity index (χ3v) is 1.41. The van der Waals surface area contributed by atoms with E-state index in [1.165, 1.54) is 6.92 Å². The molecule has 0 fully saturated rings. The van der Waals surface area contributed by atoms with Crippen molar-refractivity contribution >= 4 is 5.78 Å². The molecule has 0 spiro atoms. The van der Waals surface area contributed by atoms with E-state index in [-0.39, 0.29) is 12.4 Å². The van der Waals surface area contributed by atoms with Gasteiger partial charge >= 0.3 is 0 Å². The quantitative estimate of drug-likeness (QED) is 0.503. The molecule has 0 saturated heterocycles. The van der Waals surface area contributed by atoms with Crippen LogP contribution in [0, 0.1) is 11.8 Å². The SMILES string of the molecule is CC(=O)c1cccc(C#CCO)n1. The predicted octanol–water partition coefficient (Wildman–Crippen LogP) is 0.628. The van der Waals surface area contributed by atoms with Crippen LogP contribution in [0.1, 0.15) is 23.1 Å². The number of carbonyl (C=O) groups is 1. The number of aromatic nitrogens is 1. The number of hydrogen-bond donors (Lipinski definition) is 1. The maximum atomic E-state index is 10.9. The van der Waals surface area contributed by atoms with Gasteiger partial charge in [0.15, 0.2) is 5.78 Å². The van der Waals surface area contributed by atoms with Crippen LogP contribution < -0.4 is 0 Å². The van der Waals surface area contributed by atoms with Crippen molar-refractivity contribution in [1.82, 2.24) is 4.98 Å². The van der Waals surface area contributed by atoms with E-state index in [1.807, 2.05) is 0 Å². The summed E-state index contributed by atoms with van der Waals surface area (Å²) in [5.74, 6) is 5.00. The Balaban J connectivity index is 2.98. The average Bonchev–Trinajstić information content (AvgIpc) is 2.15. The Morgan fingerprint density at radius 3 is 3.00 bits per heavy atom. The molecule has 13 heavy (non-hydrogen) atoms. The number of hydrogen-bond acceptors (Lipinski definition) is 3. The molecular formula is C10H9NO2. The predicted molar refractivity (Wildman–Crippen MR) is 48.2 cm³/mol. The number of nitrogens with zero attached hydrogens (tertiary/aromatic N) is 1. The first-order valence-corrected chi connectivity index (χ1v) is 3.82. The lowest BCUT2D eigenvalue weighted by molar-refractivity contribution is 0.101. The Morgan fingerprint density at radius 1 is 1.62 bits per heavy atom. The number of carbonyl (C=O) groups excluding carboxylic acids is 1. The highest BCUT2D eigenvalue weighted by Gasteiger charge is 1.99. The van der Waals surface area contributed by atoms with E-state index < -0.39 is 0 Å². The highest BCUT2D eigenvalue weighted by molar-refractivity contribution is 5.92. The zero-order valence-corrected chi connectivity index (χ0v) is 7.24. The Hall–Kier alpha value is -1.66. The molecule has 3 heteroatoms. The molecule has 0 aliphatic carbocycles. The Morgan fingerprint density at radius 2 is 2.38 bits per heavy atom. The molecule has 0 aromatic carbocycles. The second-order valence-corrected chi connectivity index (χ2v) is 2.42. The van der Waals surface area contributed by atoms with E-state index in [0.29, 0.717) is 11.4 Å². The lowest BCUT2D eigenvalue weighted by Crippen LogP contribution is -1.97. The number of aliphatic hydroxyl groups excluding tert-OH is 1. The molecule has 0 saturated carbocycles. The summed E-state index contributed by atoms with van der Waals surface area (Å²) in [6.07, 6.45) is 0. The molecule has 0 amide bonds. The van der Waals surface area contributed by atoms with Gasteiger partial charge in [-0.15, -0.1) is 0 Å². The Kier molecular flexibility index (Phi) is 3.18. The van der Waals surface area contributed by atoms with Crippen LogP contribution in [-0.4, -0.2) is 22.5 Å². The van der Waals surface area contributed by atoms with Gasteiger partial charge in [-0.25, -0.2) is 4.98 Å². The van der Waals surface area contributed by atoms with E-state index in [2.05, 4.69) is 16.8 Å². The first-order chi connectivity index (χ1) is 6.24. The van der Waals surface area contributed by atoms with Crippen LogP contribution >= 0.6 is 0 Å². The molecule has 1 N–H and O–H groups in total. The summed E-state index contributed by atoms with van der Waals surface area (Å²) in [6.45, 7) is 1.25. The third kappa shape index (κ3) is 2.69. The number of aliphatic hydroxyl groups is 1. The second kappa shape index (κ2) is 4.39. The third-order valence-electron chi connectivity index (χ3n) is 1.41. The smallest absolute Gasteiger partial charge is 0.178 e. The van der Waals surface area contributed by atoms with Gasteiger partial charge in [0.1, 0.15) is 18.0 Å². The first kappa shape index (κ1) is 9.43. The monoisotopic (exact) mass is 175 g/mol. The summed E-state index contributed by atoms with van der Waals surface area (Å²) < 4.78 is 0. The van der Waals surface area contributed by atoms with Crippen molar-refractivity contribution in [3.8, 4) is 11.8 Å². The van der Waals surface area contributed by atoms with Crippen LogP contribution in [0.5, 0.6) is 0 Å². The van der Waals surface area contributed by atoms with Gasteiger partial charge in [0.05, 0.1) is 0 Å². The maximum absolute atomic E-state index is 10.9. The van der Waals surface area contributed by atoms with Gasteiger partial charge in [-0.05, 0) is 18.1 Å². The Labute approximate surface area is 76.4 Å². The molecular weight excluding hydrogens is 166 g/mol. The molecule has 1 heterocycles. The van der Waals surface area contributed by atoms with E-state index in [9.17, 15) is 4.79 Å². The minimum atomic E-state index is -0.202. The fourth-order valence-electron chi connectivity index (χ4n) is 0.830. The summed E-state index contributed by atoms with van der Waals surface area (Å²) >= 11 is 0. The second-order valence-electron chi connectivity index (χ2n) is 2.42. The molecule has 1 rings (SSSR count). The van der Waals surface area contributed by atoms with Gasteiger partial charge in [0, 0.05) is 6.92 Å². The fraction of sp³-hybridized carbons (Fsp3) is 0.200. The van der Waals surface area contributed by atoms with Crippen LogP contribution in [0.3, 0.4) is 0 Å². The van der Waals surface area contributed by atoms with Crippen LogP contribution in [-0.2, 0) is 0 Å². The molecule has 0 unspecified atom stereocenters. The zero-order valence-electron chi connectivity index (χ0n) is 7.24. The van der Waals surface area contributed by atoms with Gasteiger partial charge in [-0.1, -0.05) is 12.0 Å². The summed E-state index contributed by atoms with van der Waals surface area (Å²) in [7, 11) is 0. The van der Waals surface area contributed by atoms with Crippen LogP contribution in [0.15, 0.2) is 18.2 Å². The molecule has 66 valence electrons. The molecule has 0 aliphatic heterocycles. The molecule has 1 aromatic rings. The minimum Gasteiger partial charge on any atom is -0.384 e. The average molecular weight is 175 g/mol. The van der Waals surface area contributed by atoms with Crippen molar-refractivity contribution in [1.29, 1.82) is 0 Å². The fourth-order valence-corrected chi connectivity index (χ4v) is 0.830. The summed E-state index contributed by atoms with van der Waals surface area (Å²) in [5, 5.41) is 8.44. The van der Waals surface area contributed by atoms with Crippen molar-refractivity contribution in [2.75, 3.05) is 6.61 Å². The number of rotatable bonds is 1. The van der Waals surface area contributed by atoms with E-state index in [0.717, 1.165) is 0 Å². The summed E-state index contributed by atoms with van der Waals surface area (Å²) in [4.78, 5) is 14.9. The molecule has 3 nitrogen and oxygen atoms in total. The van der Waals surface area contributed by atoms with Crippen molar-refractivity contribution in [3.05, 3.63) is 29.6 Å². The van der Waals surface area contributed by atoms with Crippen molar-refractivity contribution in [2.24, 2.45) is 0 Å². The molecule has 1 aromatic heterocycles. The molecule has 0 radical (unpaired) electrons. The Bertz CT molecular complexity index is 374. The number of pyridine rings is 1. The van der Waals surface area contributed by atoms with Gasteiger partial charge in [0.2, 0.25) is 0 Å². The summed E-state index contributed by atoms with van der Waals surface area (Å²) in [5.41, 5.74) is 0.895. The van der Waals surface area contributed by atoms with Gasteiger partial charge in [-0.2, -0.15) is 0 Å².